The van der Waals surface area contributed by atoms with Gasteiger partial charge in [-0.15, -0.1) is 0 Å². The molecule has 2 aromatic rings. The topological polar surface area (TPSA) is 29.5 Å². The maximum absolute atomic E-state index is 13.5. The maximum Gasteiger partial charge on any atom is 0.277 e. The lowest BCUT2D eigenvalue weighted by molar-refractivity contribution is -0.0417. The Balaban J connectivity index is 2.47. The van der Waals surface area contributed by atoms with Crippen molar-refractivity contribution in [2.45, 2.75) is 13.8 Å². The lowest BCUT2D eigenvalue weighted by Crippen LogP contribution is -2.28. The van der Waals surface area contributed by atoms with E-state index in [0.29, 0.717) is 13.1 Å². The van der Waals surface area contributed by atoms with Crippen LogP contribution in [0.15, 0.2) is 60.7 Å². The summed E-state index contributed by atoms with van der Waals surface area (Å²) in [5.74, 6) is 0. The minimum atomic E-state index is -3.09. The van der Waals surface area contributed by atoms with Crippen molar-refractivity contribution in [1.29, 1.82) is 0 Å². The molecule has 0 fully saturated rings. The van der Waals surface area contributed by atoms with E-state index in [1.807, 2.05) is 74.5 Å². The van der Waals surface area contributed by atoms with Crippen molar-refractivity contribution in [3.8, 4) is 0 Å². The van der Waals surface area contributed by atoms with E-state index in [2.05, 4.69) is 0 Å². The number of rotatable bonds is 6. The molecule has 0 unspecified atom stereocenters. The summed E-state index contributed by atoms with van der Waals surface area (Å²) in [6, 6.07) is 18.8. The summed E-state index contributed by atoms with van der Waals surface area (Å²) in [6.45, 7) is 5.37. The first-order valence-electron chi connectivity index (χ1n) is 6.86. The highest BCUT2D eigenvalue weighted by atomic mass is 31.2. The Hall–Kier alpha value is -1.41. The van der Waals surface area contributed by atoms with Gasteiger partial charge in [0.25, 0.3) is 7.37 Å². The third-order valence-corrected chi connectivity index (χ3v) is 5.54. The van der Waals surface area contributed by atoms with Crippen molar-refractivity contribution >= 4 is 18.0 Å². The van der Waals surface area contributed by atoms with Gasteiger partial charge in [-0.1, -0.05) is 50.2 Å². The van der Waals surface area contributed by atoms with E-state index in [1.54, 1.807) is 5.06 Å². The first-order chi connectivity index (χ1) is 9.70. The fourth-order valence-corrected chi connectivity index (χ4v) is 4.17. The van der Waals surface area contributed by atoms with E-state index >= 15 is 0 Å². The summed E-state index contributed by atoms with van der Waals surface area (Å²) in [7, 11) is -3.09. The molecule has 0 heterocycles. The van der Waals surface area contributed by atoms with Crippen LogP contribution in [-0.2, 0) is 9.19 Å². The third-order valence-electron chi connectivity index (χ3n) is 3.13. The summed E-state index contributed by atoms with van der Waals surface area (Å²) < 4.78 is 19.4. The van der Waals surface area contributed by atoms with Gasteiger partial charge in [-0.2, -0.15) is 5.06 Å². The molecule has 0 radical (unpaired) electrons. The Bertz CT molecular complexity index is 524. The van der Waals surface area contributed by atoms with E-state index in [1.165, 1.54) is 0 Å². The molecule has 0 spiro atoms. The van der Waals surface area contributed by atoms with Gasteiger partial charge < -0.3 is 0 Å². The highest BCUT2D eigenvalue weighted by Crippen LogP contribution is 2.45. The van der Waals surface area contributed by atoms with Gasteiger partial charge in [-0.3, -0.25) is 4.57 Å². The number of hydrogen-bond donors (Lipinski definition) is 0. The predicted octanol–water partition coefficient (Wildman–Crippen LogP) is 3.19. The number of hydroxylamine groups is 2. The average molecular weight is 289 g/mol. The highest BCUT2D eigenvalue weighted by molar-refractivity contribution is 7.74. The van der Waals surface area contributed by atoms with Crippen LogP contribution in [0.5, 0.6) is 0 Å². The third kappa shape index (κ3) is 3.18. The Labute approximate surface area is 120 Å². The molecular formula is C16H20NO2P. The van der Waals surface area contributed by atoms with Gasteiger partial charge in [0.05, 0.1) is 0 Å². The smallest absolute Gasteiger partial charge is 0.277 e. The molecule has 0 saturated heterocycles. The first kappa shape index (κ1) is 15.0. The molecule has 0 saturated carbocycles. The maximum atomic E-state index is 13.5. The number of nitrogens with zero attached hydrogens (tertiary/aromatic N) is 1. The summed E-state index contributed by atoms with van der Waals surface area (Å²) in [4.78, 5) is 0. The van der Waals surface area contributed by atoms with Crippen LogP contribution >= 0.6 is 7.37 Å². The van der Waals surface area contributed by atoms with Crippen LogP contribution in [0.3, 0.4) is 0 Å². The van der Waals surface area contributed by atoms with E-state index in [0.717, 1.165) is 10.6 Å². The van der Waals surface area contributed by atoms with Crippen LogP contribution in [0, 0.1) is 0 Å². The van der Waals surface area contributed by atoms with Crippen LogP contribution in [-0.4, -0.2) is 18.2 Å². The molecule has 0 bridgehead atoms. The predicted molar refractivity (Wildman–Crippen MR) is 83.8 cm³/mol. The molecule has 20 heavy (non-hydrogen) atoms. The summed E-state index contributed by atoms with van der Waals surface area (Å²) >= 11 is 0. The molecule has 2 aromatic carbocycles. The lowest BCUT2D eigenvalue weighted by atomic mass is 10.4. The molecule has 0 N–H and O–H groups in total. The van der Waals surface area contributed by atoms with E-state index in [4.69, 9.17) is 4.62 Å². The van der Waals surface area contributed by atoms with Crippen LogP contribution in [0.25, 0.3) is 0 Å². The zero-order valence-electron chi connectivity index (χ0n) is 11.9. The van der Waals surface area contributed by atoms with Gasteiger partial charge in [-0.25, -0.2) is 4.62 Å². The molecule has 0 aliphatic carbocycles. The Morgan fingerprint density at radius 1 is 0.850 bits per heavy atom. The molecule has 0 aliphatic rings. The van der Waals surface area contributed by atoms with Crippen molar-refractivity contribution in [1.82, 2.24) is 5.06 Å². The van der Waals surface area contributed by atoms with E-state index in [-0.39, 0.29) is 0 Å². The monoisotopic (exact) mass is 289 g/mol. The molecular weight excluding hydrogens is 269 g/mol. The zero-order chi connectivity index (χ0) is 14.4. The first-order valence-corrected chi connectivity index (χ1v) is 8.49. The molecule has 0 atom stereocenters. The Morgan fingerprint density at radius 3 is 1.60 bits per heavy atom. The SMILES string of the molecule is CCN(CC)OP(=O)(c1ccccc1)c1ccccc1. The van der Waals surface area contributed by atoms with Crippen molar-refractivity contribution in [2.75, 3.05) is 13.1 Å². The van der Waals surface area contributed by atoms with Crippen LogP contribution in [0.1, 0.15) is 13.8 Å². The van der Waals surface area contributed by atoms with Crippen LogP contribution in [0.4, 0.5) is 0 Å². The summed E-state index contributed by atoms with van der Waals surface area (Å²) in [6.07, 6.45) is 0. The standard InChI is InChI=1S/C16H20NO2P/c1-3-17(4-2)19-20(18,15-11-7-5-8-12-15)16-13-9-6-10-14-16/h5-14H,3-4H2,1-2H3. The second kappa shape index (κ2) is 6.85. The van der Waals surface area contributed by atoms with Crippen molar-refractivity contribution in [3.05, 3.63) is 60.7 Å². The fourth-order valence-electron chi connectivity index (χ4n) is 1.99. The largest absolute Gasteiger partial charge is 0.281 e. The quantitative estimate of drug-likeness (QED) is 0.604. The van der Waals surface area contributed by atoms with E-state index in [9.17, 15) is 4.57 Å². The Morgan fingerprint density at radius 2 is 1.25 bits per heavy atom. The highest BCUT2D eigenvalue weighted by Gasteiger charge is 2.30. The van der Waals surface area contributed by atoms with Crippen molar-refractivity contribution in [2.24, 2.45) is 0 Å². The van der Waals surface area contributed by atoms with Crippen LogP contribution < -0.4 is 10.6 Å². The molecule has 3 nitrogen and oxygen atoms in total. The summed E-state index contributed by atoms with van der Waals surface area (Å²) in [5, 5.41) is 3.18. The molecule has 0 aliphatic heterocycles. The second-order valence-electron chi connectivity index (χ2n) is 4.42. The normalized spacial score (nSPS) is 11.8. The fraction of sp³-hybridized carbons (Fsp3) is 0.250. The molecule has 106 valence electrons. The second-order valence-corrected chi connectivity index (χ2v) is 6.72. The Kier molecular flexibility index (Phi) is 5.13. The summed E-state index contributed by atoms with van der Waals surface area (Å²) in [5.41, 5.74) is 0. The average Bonchev–Trinajstić information content (AvgIpc) is 2.54. The zero-order valence-corrected chi connectivity index (χ0v) is 12.8. The molecule has 2 rings (SSSR count). The van der Waals surface area contributed by atoms with Crippen LogP contribution in [0.2, 0.25) is 0 Å². The molecule has 0 amide bonds. The van der Waals surface area contributed by atoms with Gasteiger partial charge in [0.15, 0.2) is 0 Å². The van der Waals surface area contributed by atoms with Gasteiger partial charge >= 0.3 is 0 Å². The van der Waals surface area contributed by atoms with E-state index < -0.39 is 7.37 Å². The van der Waals surface area contributed by atoms with Crippen molar-refractivity contribution < 1.29 is 9.19 Å². The van der Waals surface area contributed by atoms with Gasteiger partial charge in [0.1, 0.15) is 0 Å². The van der Waals surface area contributed by atoms with Gasteiger partial charge in [0, 0.05) is 23.7 Å². The lowest BCUT2D eigenvalue weighted by Gasteiger charge is -2.26. The van der Waals surface area contributed by atoms with Crippen molar-refractivity contribution in [3.63, 3.8) is 0 Å². The van der Waals surface area contributed by atoms with Gasteiger partial charge in [0.2, 0.25) is 0 Å². The van der Waals surface area contributed by atoms with Gasteiger partial charge in [-0.05, 0) is 24.3 Å². The minimum Gasteiger partial charge on any atom is -0.281 e. The number of hydrogen-bond acceptors (Lipinski definition) is 3. The molecule has 4 heteroatoms. The number of benzene rings is 2. The molecule has 0 aromatic heterocycles. The minimum absolute atomic E-state index is 0.695.